The first-order valence-electron chi connectivity index (χ1n) is 6.62. The van der Waals surface area contributed by atoms with Gasteiger partial charge in [-0.05, 0) is 6.42 Å². The molecule has 16 heavy (non-hydrogen) atoms. The highest BCUT2D eigenvalue weighted by molar-refractivity contribution is 4.76. The molecular formula is C13H28O3. The van der Waals surface area contributed by atoms with Gasteiger partial charge in [-0.2, -0.15) is 0 Å². The molecular weight excluding hydrogens is 204 g/mol. The predicted molar refractivity (Wildman–Crippen MR) is 66.3 cm³/mol. The fraction of sp³-hybridized carbons (Fsp3) is 1.00. The average Bonchev–Trinajstić information content (AvgIpc) is 2.28. The van der Waals surface area contributed by atoms with Crippen molar-refractivity contribution >= 4 is 0 Å². The van der Waals surface area contributed by atoms with Crippen molar-refractivity contribution in [1.82, 2.24) is 0 Å². The van der Waals surface area contributed by atoms with Crippen LogP contribution < -0.4 is 0 Å². The highest BCUT2D eigenvalue weighted by Gasteiger charge is 2.24. The van der Waals surface area contributed by atoms with E-state index in [1.807, 2.05) is 0 Å². The van der Waals surface area contributed by atoms with Crippen molar-refractivity contribution < 1.29 is 15.3 Å². The summed E-state index contributed by atoms with van der Waals surface area (Å²) in [7, 11) is 0. The summed E-state index contributed by atoms with van der Waals surface area (Å²) in [6.45, 7) is 1.90. The molecule has 0 aliphatic heterocycles. The third kappa shape index (κ3) is 8.08. The first-order chi connectivity index (χ1) is 7.68. The van der Waals surface area contributed by atoms with E-state index in [4.69, 9.17) is 10.2 Å². The molecule has 3 nitrogen and oxygen atoms in total. The van der Waals surface area contributed by atoms with Crippen molar-refractivity contribution in [2.45, 2.75) is 70.3 Å². The van der Waals surface area contributed by atoms with Crippen LogP contribution in [0.15, 0.2) is 0 Å². The fourth-order valence-corrected chi connectivity index (χ4v) is 1.90. The largest absolute Gasteiger partial charge is 0.396 e. The van der Waals surface area contributed by atoms with Gasteiger partial charge in [0.25, 0.3) is 0 Å². The van der Waals surface area contributed by atoms with Gasteiger partial charge in [0.2, 0.25) is 0 Å². The van der Waals surface area contributed by atoms with E-state index in [9.17, 15) is 5.11 Å². The lowest BCUT2D eigenvalue weighted by atomic mass is 9.93. The summed E-state index contributed by atoms with van der Waals surface area (Å²) in [5, 5.41) is 27.6. The summed E-state index contributed by atoms with van der Waals surface area (Å²) in [6, 6.07) is 0. The minimum absolute atomic E-state index is 0.0619. The van der Waals surface area contributed by atoms with Crippen molar-refractivity contribution in [2.75, 3.05) is 13.2 Å². The number of unbranched alkanes of at least 4 members (excludes halogenated alkanes) is 6. The Morgan fingerprint density at radius 3 is 1.88 bits per heavy atom. The topological polar surface area (TPSA) is 60.7 Å². The van der Waals surface area contributed by atoms with Gasteiger partial charge in [-0.1, -0.05) is 51.9 Å². The maximum absolute atomic E-state index is 9.85. The molecule has 0 radical (unpaired) electrons. The Bertz CT molecular complexity index is 150. The third-order valence-corrected chi connectivity index (χ3v) is 3.12. The molecule has 0 saturated heterocycles. The van der Waals surface area contributed by atoms with Crippen LogP contribution in [0.1, 0.15) is 64.7 Å². The number of aliphatic hydroxyl groups excluding tert-OH is 2. The Balaban J connectivity index is 3.41. The second-order valence-electron chi connectivity index (χ2n) is 4.73. The van der Waals surface area contributed by atoms with Crippen LogP contribution in [0.5, 0.6) is 0 Å². The maximum atomic E-state index is 9.85. The van der Waals surface area contributed by atoms with Crippen LogP contribution in [-0.2, 0) is 0 Å². The Labute approximate surface area is 99.5 Å². The molecule has 0 aromatic heterocycles. The Hall–Kier alpha value is -0.120. The molecule has 0 fully saturated rings. The molecule has 0 amide bonds. The average molecular weight is 232 g/mol. The van der Waals surface area contributed by atoms with Crippen molar-refractivity contribution in [1.29, 1.82) is 0 Å². The summed E-state index contributed by atoms with van der Waals surface area (Å²) in [4.78, 5) is 0. The highest BCUT2D eigenvalue weighted by atomic mass is 16.3. The molecule has 98 valence electrons. The molecule has 1 unspecified atom stereocenters. The van der Waals surface area contributed by atoms with Gasteiger partial charge in [-0.25, -0.2) is 0 Å². The second-order valence-corrected chi connectivity index (χ2v) is 4.73. The quantitative estimate of drug-likeness (QED) is 0.479. The predicted octanol–water partition coefficient (Wildman–Crippen LogP) is 2.23. The molecule has 0 saturated carbocycles. The lowest BCUT2D eigenvalue weighted by Gasteiger charge is -2.24. The zero-order chi connectivity index (χ0) is 12.3. The highest BCUT2D eigenvalue weighted by Crippen LogP contribution is 2.19. The van der Waals surface area contributed by atoms with Crippen LogP contribution in [0.4, 0.5) is 0 Å². The molecule has 0 aromatic rings. The van der Waals surface area contributed by atoms with Gasteiger partial charge in [0.15, 0.2) is 0 Å². The van der Waals surface area contributed by atoms with E-state index in [0.29, 0.717) is 6.42 Å². The minimum Gasteiger partial charge on any atom is -0.396 e. The first kappa shape index (κ1) is 15.9. The molecule has 0 aliphatic rings. The van der Waals surface area contributed by atoms with Crippen LogP contribution in [0.3, 0.4) is 0 Å². The van der Waals surface area contributed by atoms with E-state index in [0.717, 1.165) is 12.8 Å². The van der Waals surface area contributed by atoms with E-state index in [1.54, 1.807) is 0 Å². The molecule has 0 rings (SSSR count). The first-order valence-corrected chi connectivity index (χ1v) is 6.62. The Morgan fingerprint density at radius 1 is 0.812 bits per heavy atom. The van der Waals surface area contributed by atoms with Gasteiger partial charge < -0.3 is 15.3 Å². The number of hydrogen-bond acceptors (Lipinski definition) is 3. The van der Waals surface area contributed by atoms with Crippen molar-refractivity contribution in [2.24, 2.45) is 0 Å². The van der Waals surface area contributed by atoms with Gasteiger partial charge in [-0.15, -0.1) is 0 Å². The van der Waals surface area contributed by atoms with Crippen LogP contribution in [0.2, 0.25) is 0 Å². The monoisotopic (exact) mass is 232 g/mol. The number of rotatable bonds is 11. The zero-order valence-electron chi connectivity index (χ0n) is 10.6. The normalized spacial score (nSPS) is 15.0. The van der Waals surface area contributed by atoms with Crippen LogP contribution in [-0.4, -0.2) is 34.1 Å². The molecule has 1 atom stereocenters. The van der Waals surface area contributed by atoms with Gasteiger partial charge in [-0.3, -0.25) is 0 Å². The van der Waals surface area contributed by atoms with E-state index >= 15 is 0 Å². The van der Waals surface area contributed by atoms with Gasteiger partial charge in [0.1, 0.15) is 0 Å². The van der Waals surface area contributed by atoms with Crippen LogP contribution in [0.25, 0.3) is 0 Å². The second kappa shape index (κ2) is 10.1. The maximum Gasteiger partial charge on any atom is 0.0899 e. The van der Waals surface area contributed by atoms with Crippen LogP contribution in [0, 0.1) is 0 Å². The summed E-state index contributed by atoms with van der Waals surface area (Å²) < 4.78 is 0. The number of hydrogen-bond donors (Lipinski definition) is 3. The van der Waals surface area contributed by atoms with Crippen LogP contribution >= 0.6 is 0 Å². The molecule has 0 heterocycles. The van der Waals surface area contributed by atoms with Crippen molar-refractivity contribution in [3.63, 3.8) is 0 Å². The molecule has 0 bridgehead atoms. The van der Waals surface area contributed by atoms with Gasteiger partial charge in [0, 0.05) is 13.0 Å². The summed E-state index contributed by atoms with van der Waals surface area (Å²) >= 11 is 0. The smallest absolute Gasteiger partial charge is 0.0899 e. The Morgan fingerprint density at radius 2 is 1.38 bits per heavy atom. The minimum atomic E-state index is -1.06. The molecule has 0 spiro atoms. The summed E-state index contributed by atoms with van der Waals surface area (Å²) in [5.74, 6) is 0. The third-order valence-electron chi connectivity index (χ3n) is 3.12. The van der Waals surface area contributed by atoms with Crippen molar-refractivity contribution in [3.05, 3.63) is 0 Å². The zero-order valence-corrected chi connectivity index (χ0v) is 10.6. The standard InChI is InChI=1S/C13H28O3/c1-2-3-4-5-6-7-8-9-13(16,12-15)10-11-14/h14-16H,2-12H2,1H3. The Kier molecular flexibility index (Phi) is 9.99. The molecule has 3 N–H and O–H groups in total. The molecule has 0 aliphatic carbocycles. The van der Waals surface area contributed by atoms with E-state index in [2.05, 4.69) is 6.92 Å². The molecule has 3 heteroatoms. The molecule has 0 aromatic carbocycles. The van der Waals surface area contributed by atoms with Gasteiger partial charge >= 0.3 is 0 Å². The van der Waals surface area contributed by atoms with E-state index in [1.165, 1.54) is 32.1 Å². The van der Waals surface area contributed by atoms with Crippen molar-refractivity contribution in [3.8, 4) is 0 Å². The van der Waals surface area contributed by atoms with E-state index < -0.39 is 5.60 Å². The fourth-order valence-electron chi connectivity index (χ4n) is 1.90. The lowest BCUT2D eigenvalue weighted by molar-refractivity contribution is -0.0395. The number of aliphatic hydroxyl groups is 3. The lowest BCUT2D eigenvalue weighted by Crippen LogP contribution is -2.34. The van der Waals surface area contributed by atoms with E-state index in [-0.39, 0.29) is 19.6 Å². The van der Waals surface area contributed by atoms with Gasteiger partial charge in [0.05, 0.1) is 12.2 Å². The summed E-state index contributed by atoms with van der Waals surface area (Å²) in [5.41, 5.74) is -1.06. The summed E-state index contributed by atoms with van der Waals surface area (Å²) in [6.07, 6.45) is 9.27. The SMILES string of the molecule is CCCCCCCCCC(O)(CO)CCO.